The molecule has 1 atom stereocenters. The number of ether oxygens (including phenoxy) is 1. The molecule has 0 radical (unpaired) electrons. The second-order valence-electron chi connectivity index (χ2n) is 9.04. The Balaban J connectivity index is 1.98. The van der Waals surface area contributed by atoms with Crippen LogP contribution in [0.15, 0.2) is 57.5 Å². The number of benzene rings is 2. The van der Waals surface area contributed by atoms with Crippen LogP contribution in [0.5, 0.6) is 5.75 Å². The number of phenolic OH excluding ortho intramolecular Hbond substituents is 1. The number of aromatic hydroxyl groups is 1. The summed E-state index contributed by atoms with van der Waals surface area (Å²) in [6.07, 6.45) is 1.14. The number of fused-ring (bicyclic) bond motifs is 1. The molecule has 202 valence electrons. The van der Waals surface area contributed by atoms with Gasteiger partial charge in [0.25, 0.3) is 11.2 Å². The van der Waals surface area contributed by atoms with E-state index in [9.17, 15) is 34.9 Å². The van der Waals surface area contributed by atoms with Crippen molar-refractivity contribution in [1.29, 1.82) is 0 Å². The van der Waals surface area contributed by atoms with Crippen molar-refractivity contribution in [2.45, 2.75) is 39.7 Å². The zero-order valence-corrected chi connectivity index (χ0v) is 22.2. The van der Waals surface area contributed by atoms with Crippen LogP contribution in [0.3, 0.4) is 0 Å². The minimum atomic E-state index is -0.947. The van der Waals surface area contributed by atoms with Gasteiger partial charge in [-0.25, -0.2) is 9.79 Å². The van der Waals surface area contributed by atoms with E-state index < -0.39 is 44.5 Å². The van der Waals surface area contributed by atoms with Crippen LogP contribution in [-0.2, 0) is 9.53 Å². The molecular weight excluding hydrogens is 528 g/mol. The average molecular weight is 553 g/mol. The summed E-state index contributed by atoms with van der Waals surface area (Å²) >= 11 is 0.922. The van der Waals surface area contributed by atoms with E-state index in [1.807, 2.05) is 38.1 Å². The van der Waals surface area contributed by atoms with E-state index in [-0.39, 0.29) is 33.0 Å². The van der Waals surface area contributed by atoms with Gasteiger partial charge in [-0.15, -0.1) is 0 Å². The third-order valence-electron chi connectivity index (χ3n) is 6.23. The second kappa shape index (κ2) is 10.6. The lowest BCUT2D eigenvalue weighted by molar-refractivity contribution is -0.394. The van der Waals surface area contributed by atoms with Crippen molar-refractivity contribution in [2.24, 2.45) is 4.99 Å². The Hall–Kier alpha value is -4.65. The first-order valence-electron chi connectivity index (χ1n) is 11.9. The van der Waals surface area contributed by atoms with Crippen molar-refractivity contribution >= 4 is 34.8 Å². The Kier molecular flexibility index (Phi) is 7.45. The zero-order valence-electron chi connectivity index (χ0n) is 21.4. The van der Waals surface area contributed by atoms with Crippen molar-refractivity contribution in [3.05, 3.63) is 104 Å². The third-order valence-corrected chi connectivity index (χ3v) is 7.22. The summed E-state index contributed by atoms with van der Waals surface area (Å²) in [5.41, 5.74) is -0.130. The standard InChI is InChI=1S/C26H24N4O8S/c1-5-38-25(33)21-14(4)27-26-28(22(21)16-8-6-15(7-9-16)13(2)3)24(32)20(39-26)11-17-10-18(29(34)35)12-19(23(17)31)30(36)37/h6-13,22,31H,5H2,1-4H3/b20-11-/t22-/m0/s1. The lowest BCUT2D eigenvalue weighted by Crippen LogP contribution is -2.39. The number of carbonyl (C=O) groups is 1. The highest BCUT2D eigenvalue weighted by molar-refractivity contribution is 7.07. The molecule has 13 heteroatoms. The summed E-state index contributed by atoms with van der Waals surface area (Å²) in [6, 6.07) is 8.18. The molecule has 1 aliphatic heterocycles. The Bertz CT molecular complexity index is 1720. The Morgan fingerprint density at radius 2 is 1.87 bits per heavy atom. The normalized spacial score (nSPS) is 15.2. The predicted molar refractivity (Wildman–Crippen MR) is 142 cm³/mol. The molecule has 1 aromatic heterocycles. The molecule has 3 aromatic rings. The van der Waals surface area contributed by atoms with Gasteiger partial charge in [-0.2, -0.15) is 0 Å². The fraction of sp³-hybridized carbons (Fsp3) is 0.269. The van der Waals surface area contributed by atoms with Gasteiger partial charge >= 0.3 is 11.7 Å². The van der Waals surface area contributed by atoms with Crippen molar-refractivity contribution in [1.82, 2.24) is 4.57 Å². The molecule has 1 N–H and O–H groups in total. The highest BCUT2D eigenvalue weighted by Gasteiger charge is 2.33. The minimum absolute atomic E-state index is 0.000514. The fourth-order valence-corrected chi connectivity index (χ4v) is 5.33. The molecule has 39 heavy (non-hydrogen) atoms. The van der Waals surface area contributed by atoms with E-state index in [4.69, 9.17) is 4.74 Å². The number of allylic oxidation sites excluding steroid dienone is 1. The Morgan fingerprint density at radius 1 is 1.21 bits per heavy atom. The largest absolute Gasteiger partial charge is 0.502 e. The van der Waals surface area contributed by atoms with Gasteiger partial charge in [-0.1, -0.05) is 49.4 Å². The summed E-state index contributed by atoms with van der Waals surface area (Å²) < 4.78 is 6.60. The lowest BCUT2D eigenvalue weighted by Gasteiger charge is -2.25. The van der Waals surface area contributed by atoms with Crippen LogP contribution in [0, 0.1) is 20.2 Å². The number of non-ortho nitro benzene ring substituents is 1. The molecule has 1 aliphatic rings. The minimum Gasteiger partial charge on any atom is -0.502 e. The van der Waals surface area contributed by atoms with Crippen molar-refractivity contribution in [3.8, 4) is 5.75 Å². The second-order valence-corrected chi connectivity index (χ2v) is 10.0. The van der Waals surface area contributed by atoms with E-state index >= 15 is 0 Å². The van der Waals surface area contributed by atoms with Crippen LogP contribution in [-0.4, -0.2) is 32.1 Å². The fourth-order valence-electron chi connectivity index (χ4n) is 4.29. The van der Waals surface area contributed by atoms with Gasteiger partial charge in [-0.05, 0) is 37.0 Å². The summed E-state index contributed by atoms with van der Waals surface area (Å²) in [6.45, 7) is 7.50. The van der Waals surface area contributed by atoms with Gasteiger partial charge in [0, 0.05) is 11.6 Å². The highest BCUT2D eigenvalue weighted by atomic mass is 32.1. The number of esters is 1. The van der Waals surface area contributed by atoms with Gasteiger partial charge in [0.05, 0.1) is 44.4 Å². The SMILES string of the molecule is CCOC(=O)C1=C(C)N=c2s/c(=C\c3cc([N+](=O)[O-])cc([N+](=O)[O-])c3O)c(=O)n2[C@H]1c1ccc(C(C)C)cc1. The van der Waals surface area contributed by atoms with E-state index in [1.54, 1.807) is 13.8 Å². The summed E-state index contributed by atoms with van der Waals surface area (Å²) in [5, 5.41) is 33.1. The third kappa shape index (κ3) is 5.08. The Labute approximate surface area is 225 Å². The van der Waals surface area contributed by atoms with Crippen molar-refractivity contribution in [3.63, 3.8) is 0 Å². The van der Waals surface area contributed by atoms with E-state index in [2.05, 4.69) is 4.99 Å². The van der Waals surface area contributed by atoms with E-state index in [1.165, 1.54) is 4.57 Å². The number of aromatic nitrogens is 1. The summed E-state index contributed by atoms with van der Waals surface area (Å²) in [4.78, 5) is 52.3. The van der Waals surface area contributed by atoms with Crippen LogP contribution in [0.4, 0.5) is 11.4 Å². The van der Waals surface area contributed by atoms with Crippen LogP contribution >= 0.6 is 11.3 Å². The number of hydrogen-bond acceptors (Lipinski definition) is 10. The maximum atomic E-state index is 13.7. The summed E-state index contributed by atoms with van der Waals surface area (Å²) in [7, 11) is 0. The molecule has 0 unspecified atom stereocenters. The van der Waals surface area contributed by atoms with Gasteiger partial charge in [0.2, 0.25) is 5.75 Å². The molecule has 0 amide bonds. The van der Waals surface area contributed by atoms with E-state index in [0.29, 0.717) is 17.3 Å². The molecule has 0 bridgehead atoms. The number of hydrogen-bond donors (Lipinski definition) is 1. The molecule has 0 saturated heterocycles. The monoisotopic (exact) mass is 552 g/mol. The molecule has 2 heterocycles. The molecule has 0 saturated carbocycles. The Morgan fingerprint density at radius 3 is 2.44 bits per heavy atom. The zero-order chi connectivity index (χ0) is 28.6. The molecular formula is C26H24N4O8S. The first kappa shape index (κ1) is 27.4. The lowest BCUT2D eigenvalue weighted by atomic mass is 9.93. The van der Waals surface area contributed by atoms with Gasteiger partial charge in [0.1, 0.15) is 0 Å². The smallest absolute Gasteiger partial charge is 0.338 e. The number of carbonyl (C=O) groups excluding carboxylic acids is 1. The number of rotatable bonds is 7. The van der Waals surface area contributed by atoms with Gasteiger partial charge < -0.3 is 9.84 Å². The van der Waals surface area contributed by atoms with Crippen molar-refractivity contribution in [2.75, 3.05) is 6.61 Å². The van der Waals surface area contributed by atoms with Crippen LogP contribution in [0.1, 0.15) is 56.3 Å². The van der Waals surface area contributed by atoms with Crippen LogP contribution < -0.4 is 14.9 Å². The molecule has 0 fully saturated rings. The number of thiazole rings is 1. The highest BCUT2D eigenvalue weighted by Crippen LogP contribution is 2.35. The molecule has 0 spiro atoms. The number of nitro benzene ring substituents is 2. The maximum absolute atomic E-state index is 13.7. The topological polar surface area (TPSA) is 167 Å². The predicted octanol–water partition coefficient (Wildman–Crippen LogP) is 3.44. The first-order valence-corrected chi connectivity index (χ1v) is 12.7. The van der Waals surface area contributed by atoms with Gasteiger partial charge in [0.15, 0.2) is 4.80 Å². The molecule has 4 rings (SSSR count). The maximum Gasteiger partial charge on any atom is 0.338 e. The molecule has 2 aromatic carbocycles. The number of nitrogens with zero attached hydrogens (tertiary/aromatic N) is 4. The molecule has 12 nitrogen and oxygen atoms in total. The average Bonchev–Trinajstić information content (AvgIpc) is 3.18. The van der Waals surface area contributed by atoms with Crippen LogP contribution in [0.25, 0.3) is 6.08 Å². The van der Waals surface area contributed by atoms with E-state index in [0.717, 1.165) is 29.0 Å². The van der Waals surface area contributed by atoms with Crippen molar-refractivity contribution < 1.29 is 24.5 Å². The number of nitro groups is 2. The quantitative estimate of drug-likeness (QED) is 0.264. The van der Waals surface area contributed by atoms with Crippen LogP contribution in [0.2, 0.25) is 0 Å². The first-order chi connectivity index (χ1) is 18.4. The number of phenols is 1. The molecule has 0 aliphatic carbocycles. The summed E-state index contributed by atoms with van der Waals surface area (Å²) in [5.74, 6) is -1.19. The van der Waals surface area contributed by atoms with Gasteiger partial charge in [-0.3, -0.25) is 29.6 Å².